The van der Waals surface area contributed by atoms with E-state index in [1.165, 1.54) is 12.1 Å². The summed E-state index contributed by atoms with van der Waals surface area (Å²) >= 11 is 0. The van der Waals surface area contributed by atoms with Crippen LogP contribution in [0.15, 0.2) is 77.7 Å². The van der Waals surface area contributed by atoms with Crippen LogP contribution in [0.25, 0.3) is 0 Å². The van der Waals surface area contributed by atoms with Gasteiger partial charge < -0.3 is 10.1 Å². The van der Waals surface area contributed by atoms with Crippen molar-refractivity contribution in [3.05, 3.63) is 83.9 Å². The summed E-state index contributed by atoms with van der Waals surface area (Å²) in [6.45, 7) is 5.58. The van der Waals surface area contributed by atoms with Crippen LogP contribution in [0.1, 0.15) is 18.1 Å². The summed E-state index contributed by atoms with van der Waals surface area (Å²) in [6.07, 6.45) is -0.713. The molecule has 156 valence electrons. The lowest BCUT2D eigenvalue weighted by Gasteiger charge is -2.17. The van der Waals surface area contributed by atoms with E-state index in [2.05, 4.69) is 10.0 Å². The van der Waals surface area contributed by atoms with Crippen LogP contribution in [-0.2, 0) is 14.8 Å². The van der Waals surface area contributed by atoms with Crippen molar-refractivity contribution in [2.45, 2.75) is 31.8 Å². The lowest BCUT2D eigenvalue weighted by atomic mass is 10.1. The predicted octanol–water partition coefficient (Wildman–Crippen LogP) is 4.51. The van der Waals surface area contributed by atoms with Gasteiger partial charge in [0, 0.05) is 11.4 Å². The smallest absolute Gasteiger partial charge is 0.265 e. The minimum absolute atomic E-state index is 0.101. The Bertz CT molecular complexity index is 1130. The van der Waals surface area contributed by atoms with Crippen LogP contribution < -0.4 is 14.8 Å². The number of nitrogens with one attached hydrogen (secondary N) is 2. The van der Waals surface area contributed by atoms with E-state index in [-0.39, 0.29) is 10.8 Å². The Kier molecular flexibility index (Phi) is 6.42. The first kappa shape index (κ1) is 21.4. The molecule has 1 atom stereocenters. The van der Waals surface area contributed by atoms with Crippen LogP contribution >= 0.6 is 0 Å². The number of anilines is 2. The molecule has 3 aromatic rings. The van der Waals surface area contributed by atoms with Gasteiger partial charge >= 0.3 is 0 Å². The quantitative estimate of drug-likeness (QED) is 0.584. The van der Waals surface area contributed by atoms with Crippen molar-refractivity contribution in [3.8, 4) is 5.75 Å². The topological polar surface area (TPSA) is 84.5 Å². The third-order valence-corrected chi connectivity index (χ3v) is 5.86. The Morgan fingerprint density at radius 1 is 0.900 bits per heavy atom. The van der Waals surface area contributed by atoms with Crippen LogP contribution in [0.4, 0.5) is 11.4 Å². The maximum Gasteiger partial charge on any atom is 0.265 e. The lowest BCUT2D eigenvalue weighted by Crippen LogP contribution is -2.30. The molecule has 0 aliphatic heterocycles. The molecule has 0 aliphatic rings. The molecule has 3 aromatic carbocycles. The molecule has 0 aliphatic carbocycles. The molecule has 0 spiro atoms. The summed E-state index contributed by atoms with van der Waals surface area (Å²) in [5.41, 5.74) is 3.03. The van der Waals surface area contributed by atoms with Crippen LogP contribution in [0.2, 0.25) is 0 Å². The fourth-order valence-electron chi connectivity index (χ4n) is 2.86. The van der Waals surface area contributed by atoms with Gasteiger partial charge in [-0.1, -0.05) is 35.9 Å². The number of carbonyl (C=O) groups excluding carboxylic acids is 1. The zero-order valence-corrected chi connectivity index (χ0v) is 17.9. The Balaban J connectivity index is 1.64. The van der Waals surface area contributed by atoms with Crippen LogP contribution in [0.5, 0.6) is 5.75 Å². The van der Waals surface area contributed by atoms with Crippen molar-refractivity contribution in [2.75, 3.05) is 10.0 Å². The van der Waals surface area contributed by atoms with Crippen LogP contribution in [0.3, 0.4) is 0 Å². The Morgan fingerprint density at radius 2 is 1.57 bits per heavy atom. The number of sulfonamides is 1. The number of aryl methyl sites for hydroxylation is 2. The summed E-state index contributed by atoms with van der Waals surface area (Å²) in [5.74, 6) is 0.324. The van der Waals surface area contributed by atoms with E-state index < -0.39 is 16.1 Å². The SMILES string of the molecule is Cc1ccc(O[C@H](C)C(=O)Nc2ccc(S(=O)(=O)Nc3ccccc3)cc2)c(C)c1. The van der Waals surface area contributed by atoms with E-state index in [0.717, 1.165) is 11.1 Å². The first-order chi connectivity index (χ1) is 14.2. The summed E-state index contributed by atoms with van der Waals surface area (Å²) in [4.78, 5) is 12.6. The van der Waals surface area contributed by atoms with Gasteiger partial charge in [0.1, 0.15) is 5.75 Å². The number of amides is 1. The predicted molar refractivity (Wildman–Crippen MR) is 118 cm³/mol. The van der Waals surface area contributed by atoms with Gasteiger partial charge in [0.2, 0.25) is 0 Å². The summed E-state index contributed by atoms with van der Waals surface area (Å²) in [5, 5.41) is 2.74. The molecule has 1 amide bonds. The van der Waals surface area contributed by atoms with E-state index in [1.807, 2.05) is 32.0 Å². The van der Waals surface area contributed by atoms with Gasteiger partial charge in [0.25, 0.3) is 15.9 Å². The van der Waals surface area contributed by atoms with E-state index >= 15 is 0 Å². The fourth-order valence-corrected chi connectivity index (χ4v) is 3.92. The van der Waals surface area contributed by atoms with Gasteiger partial charge in [-0.3, -0.25) is 9.52 Å². The molecule has 0 aromatic heterocycles. The number of hydrogen-bond donors (Lipinski definition) is 2. The van der Waals surface area contributed by atoms with Gasteiger partial charge in [-0.15, -0.1) is 0 Å². The second kappa shape index (κ2) is 9.00. The zero-order valence-electron chi connectivity index (χ0n) is 17.0. The second-order valence-corrected chi connectivity index (χ2v) is 8.70. The summed E-state index contributed by atoms with van der Waals surface area (Å²) in [7, 11) is -3.71. The average molecular weight is 425 g/mol. The van der Waals surface area contributed by atoms with Crippen molar-refractivity contribution in [1.29, 1.82) is 0 Å². The monoisotopic (exact) mass is 424 g/mol. The molecular weight excluding hydrogens is 400 g/mol. The van der Waals surface area contributed by atoms with E-state index in [4.69, 9.17) is 4.74 Å². The largest absolute Gasteiger partial charge is 0.481 e. The third-order valence-electron chi connectivity index (χ3n) is 4.46. The first-order valence-electron chi connectivity index (χ1n) is 9.47. The molecule has 0 saturated carbocycles. The Hall–Kier alpha value is -3.32. The van der Waals surface area contributed by atoms with Crippen molar-refractivity contribution in [1.82, 2.24) is 0 Å². The maximum atomic E-state index is 12.5. The highest BCUT2D eigenvalue weighted by Crippen LogP contribution is 2.21. The van der Waals surface area contributed by atoms with Crippen molar-refractivity contribution in [2.24, 2.45) is 0 Å². The van der Waals surface area contributed by atoms with Crippen molar-refractivity contribution in [3.63, 3.8) is 0 Å². The maximum absolute atomic E-state index is 12.5. The third kappa shape index (κ3) is 5.39. The molecule has 6 nitrogen and oxygen atoms in total. The fraction of sp³-hybridized carbons (Fsp3) is 0.174. The molecule has 7 heteroatoms. The number of benzene rings is 3. The number of para-hydroxylation sites is 1. The summed E-state index contributed by atoms with van der Waals surface area (Å²) in [6, 6.07) is 20.4. The van der Waals surface area contributed by atoms with Crippen LogP contribution in [0, 0.1) is 13.8 Å². The molecule has 0 saturated heterocycles. The number of carbonyl (C=O) groups is 1. The molecule has 2 N–H and O–H groups in total. The molecule has 30 heavy (non-hydrogen) atoms. The van der Waals surface area contributed by atoms with Gasteiger partial charge in [0.15, 0.2) is 6.10 Å². The van der Waals surface area contributed by atoms with Gasteiger partial charge in [0.05, 0.1) is 4.90 Å². The highest BCUT2D eigenvalue weighted by Gasteiger charge is 2.17. The second-order valence-electron chi connectivity index (χ2n) is 7.01. The van der Waals surface area contributed by atoms with E-state index in [0.29, 0.717) is 17.1 Å². The highest BCUT2D eigenvalue weighted by atomic mass is 32.2. The Morgan fingerprint density at radius 3 is 2.20 bits per heavy atom. The molecular formula is C23H24N2O4S. The first-order valence-corrected chi connectivity index (χ1v) is 11.0. The molecule has 0 heterocycles. The highest BCUT2D eigenvalue weighted by molar-refractivity contribution is 7.92. The lowest BCUT2D eigenvalue weighted by molar-refractivity contribution is -0.122. The minimum atomic E-state index is -3.71. The molecule has 3 rings (SSSR count). The van der Waals surface area contributed by atoms with Crippen molar-refractivity contribution < 1.29 is 17.9 Å². The summed E-state index contributed by atoms with van der Waals surface area (Å²) < 4.78 is 33.2. The Labute approximate surface area is 177 Å². The molecule has 0 radical (unpaired) electrons. The van der Waals surface area contributed by atoms with Gasteiger partial charge in [-0.05, 0) is 68.8 Å². The zero-order chi connectivity index (χ0) is 21.7. The van der Waals surface area contributed by atoms with Gasteiger partial charge in [-0.2, -0.15) is 0 Å². The average Bonchev–Trinajstić information content (AvgIpc) is 2.71. The van der Waals surface area contributed by atoms with Crippen LogP contribution in [-0.4, -0.2) is 20.4 Å². The standard InChI is InChI=1S/C23H24N2O4S/c1-16-9-14-22(17(2)15-16)29-18(3)23(26)24-19-10-12-21(13-11-19)30(27,28)25-20-7-5-4-6-8-20/h4-15,18,25H,1-3H3,(H,24,26)/t18-/m1/s1. The number of hydrogen-bond acceptors (Lipinski definition) is 4. The normalized spacial score (nSPS) is 12.1. The van der Waals surface area contributed by atoms with Crippen molar-refractivity contribution >= 4 is 27.3 Å². The molecule has 0 unspecified atom stereocenters. The number of ether oxygens (including phenoxy) is 1. The van der Waals surface area contributed by atoms with Gasteiger partial charge in [-0.25, -0.2) is 8.42 Å². The molecule has 0 fully saturated rings. The van der Waals surface area contributed by atoms with E-state index in [9.17, 15) is 13.2 Å². The number of rotatable bonds is 7. The minimum Gasteiger partial charge on any atom is -0.481 e. The van der Waals surface area contributed by atoms with E-state index in [1.54, 1.807) is 49.4 Å². The molecule has 0 bridgehead atoms.